The Morgan fingerprint density at radius 1 is 1.25 bits per heavy atom. The lowest BCUT2D eigenvalue weighted by molar-refractivity contribution is -0.119. The largest absolute Gasteiger partial charge is 0.298 e. The minimum absolute atomic E-state index is 0.213. The zero-order valence-corrected chi connectivity index (χ0v) is 16.9. The third-order valence-corrected chi connectivity index (χ3v) is 7.33. The first-order valence-corrected chi connectivity index (χ1v) is 11.1. The van der Waals surface area contributed by atoms with E-state index >= 15 is 0 Å². The number of nitrogens with one attached hydrogen (secondary N) is 1. The summed E-state index contributed by atoms with van der Waals surface area (Å²) in [6.07, 6.45) is 0. The predicted molar refractivity (Wildman–Crippen MR) is 109 cm³/mol. The van der Waals surface area contributed by atoms with E-state index in [0.717, 1.165) is 14.5 Å². The fraction of sp³-hybridized carbons (Fsp3) is 0.167. The van der Waals surface area contributed by atoms with Crippen molar-refractivity contribution in [3.05, 3.63) is 53.1 Å². The van der Waals surface area contributed by atoms with E-state index in [1.54, 1.807) is 25.1 Å². The number of carbonyl (C=O) groups excluding carboxylic acids is 2. The van der Waals surface area contributed by atoms with Gasteiger partial charge in [0.05, 0.1) is 27.6 Å². The third kappa shape index (κ3) is 3.36. The molecule has 0 radical (unpaired) electrons. The number of carbonyl (C=O) groups is 2. The number of nitrogens with zero attached hydrogens (tertiary/aromatic N) is 2. The molecule has 1 N–H and O–H groups in total. The SMILES string of the molecule is CC1CS(=O)(=O)N(c2ccc(C(=O)Nc3nc4ccc(Cl)cc4s3)cc2)C1=O. The van der Waals surface area contributed by atoms with Gasteiger partial charge in [0.25, 0.3) is 5.91 Å². The minimum atomic E-state index is -3.67. The molecule has 10 heteroatoms. The van der Waals surface area contributed by atoms with Crippen LogP contribution < -0.4 is 9.62 Å². The van der Waals surface area contributed by atoms with E-state index in [2.05, 4.69) is 10.3 Å². The molecule has 1 saturated heterocycles. The molecule has 7 nitrogen and oxygen atoms in total. The van der Waals surface area contributed by atoms with Gasteiger partial charge in [-0.25, -0.2) is 17.7 Å². The summed E-state index contributed by atoms with van der Waals surface area (Å²) >= 11 is 7.26. The van der Waals surface area contributed by atoms with Gasteiger partial charge in [0.1, 0.15) is 0 Å². The van der Waals surface area contributed by atoms with Crippen LogP contribution in [0.4, 0.5) is 10.8 Å². The molecule has 1 aliphatic heterocycles. The first-order chi connectivity index (χ1) is 13.2. The van der Waals surface area contributed by atoms with E-state index in [-0.39, 0.29) is 17.3 Å². The first-order valence-electron chi connectivity index (χ1n) is 8.29. The third-order valence-electron chi connectivity index (χ3n) is 4.30. The number of fused-ring (bicyclic) bond motifs is 1. The van der Waals surface area contributed by atoms with Gasteiger partial charge >= 0.3 is 0 Å². The van der Waals surface area contributed by atoms with Gasteiger partial charge in [-0.15, -0.1) is 0 Å². The number of hydrogen-bond donors (Lipinski definition) is 1. The van der Waals surface area contributed by atoms with Crippen LogP contribution >= 0.6 is 22.9 Å². The molecule has 144 valence electrons. The zero-order chi connectivity index (χ0) is 20.1. The highest BCUT2D eigenvalue weighted by Crippen LogP contribution is 2.30. The summed E-state index contributed by atoms with van der Waals surface area (Å²) in [5.74, 6) is -1.65. The van der Waals surface area contributed by atoms with Crippen molar-refractivity contribution in [1.82, 2.24) is 4.98 Å². The van der Waals surface area contributed by atoms with Gasteiger partial charge in [0, 0.05) is 10.6 Å². The first kappa shape index (κ1) is 18.9. The van der Waals surface area contributed by atoms with Crippen LogP contribution in [-0.2, 0) is 14.8 Å². The molecule has 1 aliphatic rings. The van der Waals surface area contributed by atoms with Crippen LogP contribution in [-0.4, -0.2) is 31.0 Å². The molecule has 0 saturated carbocycles. The molecule has 0 bridgehead atoms. The Kier molecular flexibility index (Phi) is 4.60. The zero-order valence-electron chi connectivity index (χ0n) is 14.5. The quantitative estimate of drug-likeness (QED) is 0.679. The summed E-state index contributed by atoms with van der Waals surface area (Å²) in [6.45, 7) is 1.58. The van der Waals surface area contributed by atoms with Gasteiger partial charge in [0.15, 0.2) is 5.13 Å². The van der Waals surface area contributed by atoms with E-state index in [1.165, 1.54) is 35.6 Å². The van der Waals surface area contributed by atoms with Gasteiger partial charge in [-0.2, -0.15) is 0 Å². The Balaban J connectivity index is 1.55. The number of halogens is 1. The van der Waals surface area contributed by atoms with Crippen molar-refractivity contribution >= 4 is 65.8 Å². The molecule has 28 heavy (non-hydrogen) atoms. The number of hydrogen-bond acceptors (Lipinski definition) is 6. The smallest absolute Gasteiger partial charge is 0.257 e. The summed E-state index contributed by atoms with van der Waals surface area (Å²) in [6, 6.07) is 11.1. The number of benzene rings is 2. The van der Waals surface area contributed by atoms with Gasteiger partial charge in [-0.3, -0.25) is 14.9 Å². The lowest BCUT2D eigenvalue weighted by Crippen LogP contribution is -2.30. The molecular weight excluding hydrogens is 422 g/mol. The molecule has 2 aromatic carbocycles. The highest BCUT2D eigenvalue weighted by atomic mass is 35.5. The Morgan fingerprint density at radius 2 is 1.96 bits per heavy atom. The maximum Gasteiger partial charge on any atom is 0.257 e. The van der Waals surface area contributed by atoms with Gasteiger partial charge < -0.3 is 0 Å². The maximum absolute atomic E-state index is 12.5. The van der Waals surface area contributed by atoms with Gasteiger partial charge in [-0.05, 0) is 42.5 Å². The normalized spacial score (nSPS) is 18.6. The van der Waals surface area contributed by atoms with Crippen molar-refractivity contribution in [2.24, 2.45) is 5.92 Å². The van der Waals surface area contributed by atoms with E-state index in [9.17, 15) is 18.0 Å². The number of amides is 2. The summed E-state index contributed by atoms with van der Waals surface area (Å²) in [5, 5.41) is 3.73. The lowest BCUT2D eigenvalue weighted by atomic mass is 10.1. The monoisotopic (exact) mass is 435 g/mol. The molecule has 2 heterocycles. The van der Waals surface area contributed by atoms with E-state index in [4.69, 9.17) is 11.6 Å². The van der Waals surface area contributed by atoms with E-state index < -0.39 is 21.8 Å². The molecule has 2 amide bonds. The second-order valence-electron chi connectivity index (χ2n) is 6.41. The minimum Gasteiger partial charge on any atom is -0.298 e. The van der Waals surface area contributed by atoms with Crippen molar-refractivity contribution in [1.29, 1.82) is 0 Å². The van der Waals surface area contributed by atoms with Crippen molar-refractivity contribution in [2.75, 3.05) is 15.4 Å². The average molecular weight is 436 g/mol. The van der Waals surface area contributed by atoms with Crippen LogP contribution in [0.15, 0.2) is 42.5 Å². The molecule has 0 spiro atoms. The van der Waals surface area contributed by atoms with E-state index in [0.29, 0.717) is 15.7 Å². The van der Waals surface area contributed by atoms with Crippen LogP contribution in [0.25, 0.3) is 10.2 Å². The summed E-state index contributed by atoms with van der Waals surface area (Å²) < 4.78 is 26.0. The Morgan fingerprint density at radius 3 is 2.61 bits per heavy atom. The summed E-state index contributed by atoms with van der Waals surface area (Å²) in [7, 11) is -3.67. The van der Waals surface area contributed by atoms with Crippen molar-refractivity contribution in [3.8, 4) is 0 Å². The Hall–Kier alpha value is -2.49. The second kappa shape index (κ2) is 6.84. The predicted octanol–water partition coefficient (Wildman–Crippen LogP) is 3.51. The lowest BCUT2D eigenvalue weighted by Gasteiger charge is -2.15. The number of aromatic nitrogens is 1. The van der Waals surface area contributed by atoms with Crippen LogP contribution in [0.1, 0.15) is 17.3 Å². The number of anilines is 2. The van der Waals surface area contributed by atoms with Crippen molar-refractivity contribution in [3.63, 3.8) is 0 Å². The molecule has 1 aromatic heterocycles. The molecule has 1 unspecified atom stereocenters. The average Bonchev–Trinajstić information content (AvgIpc) is 3.11. The fourth-order valence-electron chi connectivity index (χ4n) is 2.96. The fourth-order valence-corrected chi connectivity index (χ4v) is 5.91. The number of sulfonamides is 1. The molecule has 0 aliphatic carbocycles. The van der Waals surface area contributed by atoms with Crippen molar-refractivity contribution in [2.45, 2.75) is 6.92 Å². The Labute approximate surface area is 170 Å². The topological polar surface area (TPSA) is 96.4 Å². The summed E-state index contributed by atoms with van der Waals surface area (Å²) in [5.41, 5.74) is 1.27. The van der Waals surface area contributed by atoms with Crippen LogP contribution in [0.5, 0.6) is 0 Å². The van der Waals surface area contributed by atoms with Crippen LogP contribution in [0, 0.1) is 5.92 Å². The number of thiazole rings is 1. The molecule has 3 aromatic rings. The molecule has 4 rings (SSSR count). The number of rotatable bonds is 3. The summed E-state index contributed by atoms with van der Waals surface area (Å²) in [4.78, 5) is 28.9. The highest BCUT2D eigenvalue weighted by molar-refractivity contribution is 7.94. The van der Waals surface area contributed by atoms with Gasteiger partial charge in [0.2, 0.25) is 15.9 Å². The second-order valence-corrected chi connectivity index (χ2v) is 9.74. The molecular formula is C18H14ClN3O4S2. The Bertz CT molecular complexity index is 1210. The highest BCUT2D eigenvalue weighted by Gasteiger charge is 2.41. The maximum atomic E-state index is 12.5. The van der Waals surface area contributed by atoms with Crippen LogP contribution in [0.2, 0.25) is 5.02 Å². The van der Waals surface area contributed by atoms with Gasteiger partial charge in [-0.1, -0.05) is 29.9 Å². The molecule has 1 atom stereocenters. The van der Waals surface area contributed by atoms with Crippen molar-refractivity contribution < 1.29 is 18.0 Å². The standard InChI is InChI=1S/C18H14ClN3O4S2/c1-10-9-28(25,26)22(17(10)24)13-5-2-11(3-6-13)16(23)21-18-20-14-7-4-12(19)8-15(14)27-18/h2-8,10H,9H2,1H3,(H,20,21,23). The van der Waals surface area contributed by atoms with Crippen LogP contribution in [0.3, 0.4) is 0 Å². The molecule has 1 fully saturated rings. The van der Waals surface area contributed by atoms with E-state index in [1.807, 2.05) is 0 Å².